The van der Waals surface area contributed by atoms with Gasteiger partial charge in [-0.25, -0.2) is 0 Å². The van der Waals surface area contributed by atoms with Gasteiger partial charge in [-0.2, -0.15) is 0 Å². The van der Waals surface area contributed by atoms with E-state index >= 15 is 0 Å². The van der Waals surface area contributed by atoms with E-state index < -0.39 is 55.4 Å². The molecule has 0 aliphatic rings. The summed E-state index contributed by atoms with van der Waals surface area (Å²) in [6.07, 6.45) is -1.35. The van der Waals surface area contributed by atoms with Gasteiger partial charge in [-0.3, -0.25) is 24.1 Å². The Morgan fingerprint density at radius 3 is 1.83 bits per heavy atom. The third kappa shape index (κ3) is 8.70. The second kappa shape index (κ2) is 10.5. The molecule has 132 valence electrons. The van der Waals surface area contributed by atoms with E-state index in [9.17, 15) is 19.2 Å². The van der Waals surface area contributed by atoms with Gasteiger partial charge in [0, 0.05) is 19.6 Å². The number of carboxylic acid groups (broad SMARTS) is 4. The van der Waals surface area contributed by atoms with Gasteiger partial charge in [-0.1, -0.05) is 0 Å². The molecule has 11 nitrogen and oxygen atoms in total. The number of aliphatic hydroxyl groups is 1. The molecule has 0 spiro atoms. The summed E-state index contributed by atoms with van der Waals surface area (Å²) in [5.74, 6) is -5.41. The van der Waals surface area contributed by atoms with Crippen molar-refractivity contribution in [2.45, 2.75) is 24.9 Å². The first kappa shape index (κ1) is 20.8. The fourth-order valence-electron chi connectivity index (χ4n) is 1.89. The summed E-state index contributed by atoms with van der Waals surface area (Å²) in [7, 11) is 0. The zero-order valence-corrected chi connectivity index (χ0v) is 12.2. The summed E-state index contributed by atoms with van der Waals surface area (Å²) in [5, 5.41) is 46.6. The molecule has 11 heteroatoms. The van der Waals surface area contributed by atoms with E-state index in [0.29, 0.717) is 0 Å². The highest BCUT2D eigenvalue weighted by molar-refractivity contribution is 5.81. The molecule has 0 rings (SSSR count). The molecule has 0 aliphatic carbocycles. The van der Waals surface area contributed by atoms with Crippen LogP contribution in [-0.4, -0.2) is 92.6 Å². The van der Waals surface area contributed by atoms with Gasteiger partial charge in [0.1, 0.15) is 12.1 Å². The molecule has 2 atom stereocenters. The number of carbonyl (C=O) groups is 4. The van der Waals surface area contributed by atoms with E-state index in [0.717, 1.165) is 0 Å². The summed E-state index contributed by atoms with van der Waals surface area (Å²) in [5.41, 5.74) is 0. The molecule has 0 aromatic rings. The minimum absolute atomic E-state index is 0.0752. The van der Waals surface area contributed by atoms with Gasteiger partial charge in [-0.05, 0) is 0 Å². The zero-order valence-electron chi connectivity index (χ0n) is 12.2. The molecule has 0 bridgehead atoms. The standard InChI is InChI=1S/C12H20N2O9/c15-4-3-14(8(12(22)23)6-10(18)19)2-1-13-7(11(20)21)5-9(16)17/h7-8,13,15H,1-6H2,(H,16,17)(H,18,19)(H,20,21)(H,22,23). The van der Waals surface area contributed by atoms with E-state index in [2.05, 4.69) is 5.32 Å². The van der Waals surface area contributed by atoms with E-state index in [1.165, 1.54) is 4.90 Å². The van der Waals surface area contributed by atoms with Crippen LogP contribution in [0.1, 0.15) is 12.8 Å². The number of aliphatic carboxylic acids is 4. The molecule has 0 radical (unpaired) electrons. The van der Waals surface area contributed by atoms with Crippen LogP contribution in [0.2, 0.25) is 0 Å². The Labute approximate surface area is 131 Å². The van der Waals surface area contributed by atoms with Gasteiger partial charge in [0.15, 0.2) is 0 Å². The van der Waals surface area contributed by atoms with E-state index in [-0.39, 0.29) is 19.6 Å². The quantitative estimate of drug-likeness (QED) is 0.213. The van der Waals surface area contributed by atoms with Gasteiger partial charge >= 0.3 is 23.9 Å². The lowest BCUT2D eigenvalue weighted by Gasteiger charge is -2.27. The summed E-state index contributed by atoms with van der Waals surface area (Å²) in [6.45, 7) is -0.703. The predicted octanol–water partition coefficient (Wildman–Crippen LogP) is -2.27. The predicted molar refractivity (Wildman–Crippen MR) is 74.0 cm³/mol. The Kier molecular flexibility index (Phi) is 9.46. The van der Waals surface area contributed by atoms with Gasteiger partial charge in [0.25, 0.3) is 0 Å². The molecular formula is C12H20N2O9. The highest BCUT2D eigenvalue weighted by Crippen LogP contribution is 2.05. The smallest absolute Gasteiger partial charge is 0.321 e. The van der Waals surface area contributed by atoms with Crippen molar-refractivity contribution in [1.29, 1.82) is 0 Å². The SMILES string of the molecule is O=C(O)CC(NCCN(CCO)C(CC(=O)O)C(=O)O)C(=O)O. The van der Waals surface area contributed by atoms with Crippen molar-refractivity contribution >= 4 is 23.9 Å². The topological polar surface area (TPSA) is 185 Å². The number of rotatable bonds is 13. The zero-order chi connectivity index (χ0) is 18.0. The van der Waals surface area contributed by atoms with E-state index in [1.54, 1.807) is 0 Å². The number of nitrogens with zero attached hydrogens (tertiary/aromatic N) is 1. The lowest BCUT2D eigenvalue weighted by atomic mass is 10.1. The molecule has 0 heterocycles. The van der Waals surface area contributed by atoms with Crippen LogP contribution in [0.5, 0.6) is 0 Å². The van der Waals surface area contributed by atoms with Crippen molar-refractivity contribution in [3.63, 3.8) is 0 Å². The maximum absolute atomic E-state index is 11.1. The highest BCUT2D eigenvalue weighted by atomic mass is 16.4. The van der Waals surface area contributed by atoms with Crippen LogP contribution in [0, 0.1) is 0 Å². The van der Waals surface area contributed by atoms with Crippen molar-refractivity contribution < 1.29 is 44.7 Å². The molecule has 0 saturated carbocycles. The molecular weight excluding hydrogens is 316 g/mol. The molecule has 2 unspecified atom stereocenters. The molecule has 6 N–H and O–H groups in total. The molecule has 0 aromatic carbocycles. The normalized spacial score (nSPS) is 13.5. The Morgan fingerprint density at radius 2 is 1.43 bits per heavy atom. The Morgan fingerprint density at radius 1 is 0.870 bits per heavy atom. The average molecular weight is 336 g/mol. The fourth-order valence-corrected chi connectivity index (χ4v) is 1.89. The Balaban J connectivity index is 4.73. The van der Waals surface area contributed by atoms with Gasteiger partial charge in [-0.15, -0.1) is 0 Å². The summed E-state index contributed by atoms with van der Waals surface area (Å²) in [6, 6.07) is -2.74. The van der Waals surface area contributed by atoms with Crippen LogP contribution < -0.4 is 5.32 Å². The third-order valence-electron chi connectivity index (χ3n) is 2.95. The largest absolute Gasteiger partial charge is 0.481 e. The minimum atomic E-state index is -1.39. The lowest BCUT2D eigenvalue weighted by Crippen LogP contribution is -2.49. The van der Waals surface area contributed by atoms with Gasteiger partial charge in [0.2, 0.25) is 0 Å². The van der Waals surface area contributed by atoms with E-state index in [4.69, 9.17) is 25.5 Å². The number of hydrogen-bond donors (Lipinski definition) is 6. The van der Waals surface area contributed by atoms with Crippen molar-refractivity contribution in [2.75, 3.05) is 26.2 Å². The molecule has 23 heavy (non-hydrogen) atoms. The maximum atomic E-state index is 11.1. The van der Waals surface area contributed by atoms with Crippen molar-refractivity contribution in [3.05, 3.63) is 0 Å². The highest BCUT2D eigenvalue weighted by Gasteiger charge is 2.28. The fraction of sp³-hybridized carbons (Fsp3) is 0.667. The van der Waals surface area contributed by atoms with Crippen molar-refractivity contribution in [2.24, 2.45) is 0 Å². The monoisotopic (exact) mass is 336 g/mol. The minimum Gasteiger partial charge on any atom is -0.481 e. The Bertz CT molecular complexity index is 440. The van der Waals surface area contributed by atoms with Crippen LogP contribution in [0.25, 0.3) is 0 Å². The molecule has 0 saturated heterocycles. The first-order chi connectivity index (χ1) is 10.7. The number of carboxylic acids is 4. The Hall–Kier alpha value is -2.24. The van der Waals surface area contributed by atoms with Crippen LogP contribution >= 0.6 is 0 Å². The first-order valence-electron chi connectivity index (χ1n) is 6.66. The molecule has 0 fully saturated rings. The molecule has 0 aliphatic heterocycles. The second-order valence-electron chi connectivity index (χ2n) is 4.65. The molecule has 0 aromatic heterocycles. The van der Waals surface area contributed by atoms with Crippen molar-refractivity contribution in [1.82, 2.24) is 10.2 Å². The summed E-state index contributed by atoms with van der Waals surface area (Å²) in [4.78, 5) is 44.4. The van der Waals surface area contributed by atoms with Crippen LogP contribution in [-0.2, 0) is 19.2 Å². The lowest BCUT2D eigenvalue weighted by molar-refractivity contribution is -0.150. The summed E-state index contributed by atoms with van der Waals surface area (Å²) < 4.78 is 0. The number of hydrogen-bond acceptors (Lipinski definition) is 7. The van der Waals surface area contributed by atoms with Gasteiger partial charge < -0.3 is 30.8 Å². The first-order valence-corrected chi connectivity index (χ1v) is 6.66. The second-order valence-corrected chi connectivity index (χ2v) is 4.65. The summed E-state index contributed by atoms with van der Waals surface area (Å²) >= 11 is 0. The number of nitrogens with one attached hydrogen (secondary N) is 1. The average Bonchev–Trinajstić information content (AvgIpc) is 2.41. The van der Waals surface area contributed by atoms with Crippen LogP contribution in [0.3, 0.4) is 0 Å². The maximum Gasteiger partial charge on any atom is 0.321 e. The van der Waals surface area contributed by atoms with E-state index in [1.807, 2.05) is 0 Å². The van der Waals surface area contributed by atoms with Crippen LogP contribution in [0.4, 0.5) is 0 Å². The molecule has 0 amide bonds. The van der Waals surface area contributed by atoms with Crippen LogP contribution in [0.15, 0.2) is 0 Å². The van der Waals surface area contributed by atoms with Crippen molar-refractivity contribution in [3.8, 4) is 0 Å². The number of aliphatic hydroxyl groups excluding tert-OH is 1. The third-order valence-corrected chi connectivity index (χ3v) is 2.95. The van der Waals surface area contributed by atoms with Gasteiger partial charge in [0.05, 0.1) is 19.4 Å².